The first-order chi connectivity index (χ1) is 8.26. The van der Waals surface area contributed by atoms with Crippen LogP contribution >= 0.6 is 0 Å². The Kier molecular flexibility index (Phi) is 4.92. The zero-order valence-corrected chi connectivity index (χ0v) is 12.5. The van der Waals surface area contributed by atoms with Gasteiger partial charge in [-0.2, -0.15) is 0 Å². The van der Waals surface area contributed by atoms with Gasteiger partial charge in [-0.3, -0.25) is 4.79 Å². The third kappa shape index (κ3) is 3.81. The minimum absolute atomic E-state index is 0.0117. The molecule has 0 radical (unpaired) electrons. The molecule has 102 valence electrons. The van der Waals surface area contributed by atoms with E-state index in [9.17, 15) is 4.79 Å². The van der Waals surface area contributed by atoms with Crippen molar-refractivity contribution in [3.05, 3.63) is 23.3 Å². The molecule has 2 heteroatoms. The number of ether oxygens (including phenoxy) is 1. The molecule has 0 bridgehead atoms. The summed E-state index contributed by atoms with van der Waals surface area (Å²) < 4.78 is 5.51. The van der Waals surface area contributed by atoms with Crippen molar-refractivity contribution in [2.24, 2.45) is 11.3 Å². The number of methoxy groups -OCH3 is 1. The van der Waals surface area contributed by atoms with E-state index in [0.29, 0.717) is 6.42 Å². The number of carbonyl (C=O) groups excluding carboxylic acids is 1. The number of allylic oxidation sites excluding steroid dienone is 2. The molecule has 0 heterocycles. The SMILES string of the molecule is COC(C(=O)CC(C)(C)C)C1C(C)=CCC=C1C. The Hall–Kier alpha value is -0.890. The van der Waals surface area contributed by atoms with E-state index in [1.165, 1.54) is 11.1 Å². The lowest BCUT2D eigenvalue weighted by Gasteiger charge is -2.30. The highest BCUT2D eigenvalue weighted by Gasteiger charge is 2.33. The van der Waals surface area contributed by atoms with Crippen LogP contribution in [0.4, 0.5) is 0 Å². The van der Waals surface area contributed by atoms with Gasteiger partial charge in [0.25, 0.3) is 0 Å². The summed E-state index contributed by atoms with van der Waals surface area (Å²) in [6.45, 7) is 10.5. The summed E-state index contributed by atoms with van der Waals surface area (Å²) in [5.74, 6) is 0.330. The maximum absolute atomic E-state index is 12.4. The fraction of sp³-hybridized carbons (Fsp3) is 0.688. The number of hydrogen-bond donors (Lipinski definition) is 0. The predicted molar refractivity (Wildman–Crippen MR) is 75.5 cm³/mol. The number of hydrogen-bond acceptors (Lipinski definition) is 2. The molecule has 0 N–H and O–H groups in total. The third-order valence-corrected chi connectivity index (χ3v) is 3.44. The second-order valence-corrected chi connectivity index (χ2v) is 6.47. The molecule has 18 heavy (non-hydrogen) atoms. The van der Waals surface area contributed by atoms with Gasteiger partial charge < -0.3 is 4.74 Å². The van der Waals surface area contributed by atoms with Crippen LogP contribution in [-0.4, -0.2) is 19.0 Å². The van der Waals surface area contributed by atoms with Crippen molar-refractivity contribution in [3.63, 3.8) is 0 Å². The summed E-state index contributed by atoms with van der Waals surface area (Å²) >= 11 is 0. The van der Waals surface area contributed by atoms with Gasteiger partial charge >= 0.3 is 0 Å². The quantitative estimate of drug-likeness (QED) is 0.707. The van der Waals surface area contributed by atoms with Crippen LogP contribution in [0.2, 0.25) is 0 Å². The minimum Gasteiger partial charge on any atom is -0.373 e. The van der Waals surface area contributed by atoms with E-state index in [2.05, 4.69) is 46.8 Å². The summed E-state index contributed by atoms with van der Waals surface area (Å²) in [6, 6.07) is 0. The lowest BCUT2D eigenvalue weighted by molar-refractivity contribution is -0.132. The van der Waals surface area contributed by atoms with Crippen LogP contribution in [-0.2, 0) is 9.53 Å². The van der Waals surface area contributed by atoms with Gasteiger partial charge in [0.2, 0.25) is 0 Å². The molecule has 1 aliphatic rings. The van der Waals surface area contributed by atoms with Crippen LogP contribution in [0.15, 0.2) is 23.3 Å². The molecule has 0 aliphatic heterocycles. The largest absolute Gasteiger partial charge is 0.373 e. The van der Waals surface area contributed by atoms with Crippen LogP contribution in [0.1, 0.15) is 47.5 Å². The van der Waals surface area contributed by atoms with Crippen LogP contribution in [0, 0.1) is 11.3 Å². The highest BCUT2D eigenvalue weighted by Crippen LogP contribution is 2.32. The van der Waals surface area contributed by atoms with Crippen LogP contribution in [0.5, 0.6) is 0 Å². The molecule has 1 atom stereocenters. The molecule has 0 aromatic heterocycles. The molecule has 0 saturated heterocycles. The fourth-order valence-electron chi connectivity index (χ4n) is 2.60. The summed E-state index contributed by atoms with van der Waals surface area (Å²) in [5, 5.41) is 0. The monoisotopic (exact) mass is 250 g/mol. The van der Waals surface area contributed by atoms with E-state index in [0.717, 1.165) is 6.42 Å². The first-order valence-corrected chi connectivity index (χ1v) is 6.65. The molecule has 1 aliphatic carbocycles. The first-order valence-electron chi connectivity index (χ1n) is 6.65. The molecule has 1 unspecified atom stereocenters. The second-order valence-electron chi connectivity index (χ2n) is 6.47. The van der Waals surface area contributed by atoms with Gasteiger partial charge in [0.15, 0.2) is 5.78 Å². The van der Waals surface area contributed by atoms with E-state index >= 15 is 0 Å². The summed E-state index contributed by atoms with van der Waals surface area (Å²) in [4.78, 5) is 12.4. The number of Topliss-reactive ketones (excluding diaryl/α,β-unsaturated/α-hetero) is 1. The molecule has 2 nitrogen and oxygen atoms in total. The zero-order chi connectivity index (χ0) is 13.9. The van der Waals surface area contributed by atoms with Crippen molar-refractivity contribution in [1.82, 2.24) is 0 Å². The molecule has 0 saturated carbocycles. The molecule has 0 aromatic rings. The second kappa shape index (κ2) is 5.83. The first kappa shape index (κ1) is 15.2. The molecular formula is C16H26O2. The molecule has 0 aromatic carbocycles. The van der Waals surface area contributed by atoms with Gasteiger partial charge in [-0.25, -0.2) is 0 Å². The Labute approximate surface area is 111 Å². The van der Waals surface area contributed by atoms with Crippen LogP contribution in [0.25, 0.3) is 0 Å². The van der Waals surface area contributed by atoms with E-state index in [-0.39, 0.29) is 23.2 Å². The Morgan fingerprint density at radius 1 is 1.33 bits per heavy atom. The molecular weight excluding hydrogens is 224 g/mol. The van der Waals surface area contributed by atoms with Gasteiger partial charge in [0, 0.05) is 19.4 Å². The molecule has 0 amide bonds. The Balaban J connectivity index is 2.89. The Bertz CT molecular complexity index is 351. The van der Waals surface area contributed by atoms with Gasteiger partial charge in [-0.05, 0) is 25.7 Å². The number of carbonyl (C=O) groups is 1. The summed E-state index contributed by atoms with van der Waals surface area (Å²) in [7, 11) is 1.64. The Morgan fingerprint density at radius 2 is 1.83 bits per heavy atom. The van der Waals surface area contributed by atoms with E-state index < -0.39 is 0 Å². The van der Waals surface area contributed by atoms with E-state index in [1.54, 1.807) is 7.11 Å². The van der Waals surface area contributed by atoms with Crippen molar-refractivity contribution in [2.45, 2.75) is 53.6 Å². The van der Waals surface area contributed by atoms with E-state index in [4.69, 9.17) is 4.74 Å². The van der Waals surface area contributed by atoms with Crippen molar-refractivity contribution < 1.29 is 9.53 Å². The van der Waals surface area contributed by atoms with Crippen molar-refractivity contribution >= 4 is 5.78 Å². The summed E-state index contributed by atoms with van der Waals surface area (Å²) in [6.07, 6.45) is 5.57. The lowest BCUT2D eigenvalue weighted by Crippen LogP contribution is -2.35. The average molecular weight is 250 g/mol. The molecule has 0 fully saturated rings. The molecule has 0 spiro atoms. The highest BCUT2D eigenvalue weighted by atomic mass is 16.5. The van der Waals surface area contributed by atoms with Gasteiger partial charge in [-0.1, -0.05) is 44.1 Å². The predicted octanol–water partition coefficient (Wildman–Crippen LogP) is 3.92. The standard InChI is InChI=1S/C16H26O2/c1-11-8-7-9-12(2)14(11)15(18-6)13(17)10-16(3,4)5/h8-9,14-15H,7,10H2,1-6H3. The molecule has 1 rings (SSSR count). The number of ketones is 1. The van der Waals surface area contributed by atoms with E-state index in [1.807, 2.05) is 0 Å². The maximum atomic E-state index is 12.4. The lowest BCUT2D eigenvalue weighted by atomic mass is 9.78. The Morgan fingerprint density at radius 3 is 2.22 bits per heavy atom. The summed E-state index contributed by atoms with van der Waals surface area (Å²) in [5.41, 5.74) is 2.52. The third-order valence-electron chi connectivity index (χ3n) is 3.44. The van der Waals surface area contributed by atoms with Crippen LogP contribution in [0.3, 0.4) is 0 Å². The number of rotatable bonds is 4. The maximum Gasteiger partial charge on any atom is 0.163 e. The van der Waals surface area contributed by atoms with Crippen molar-refractivity contribution in [3.8, 4) is 0 Å². The van der Waals surface area contributed by atoms with Gasteiger partial charge in [0.1, 0.15) is 6.10 Å². The van der Waals surface area contributed by atoms with Crippen molar-refractivity contribution in [1.29, 1.82) is 0 Å². The normalized spacial score (nSPS) is 19.2. The average Bonchev–Trinajstić information content (AvgIpc) is 2.20. The topological polar surface area (TPSA) is 26.3 Å². The minimum atomic E-state index is -0.336. The van der Waals surface area contributed by atoms with Gasteiger partial charge in [-0.15, -0.1) is 0 Å². The van der Waals surface area contributed by atoms with Crippen LogP contribution < -0.4 is 0 Å². The fourth-order valence-corrected chi connectivity index (χ4v) is 2.60. The zero-order valence-electron chi connectivity index (χ0n) is 12.5. The smallest absolute Gasteiger partial charge is 0.163 e. The van der Waals surface area contributed by atoms with Gasteiger partial charge in [0.05, 0.1) is 0 Å². The highest BCUT2D eigenvalue weighted by molar-refractivity contribution is 5.85. The van der Waals surface area contributed by atoms with Crippen molar-refractivity contribution in [2.75, 3.05) is 7.11 Å².